The summed E-state index contributed by atoms with van der Waals surface area (Å²) in [5.41, 5.74) is 5.50. The predicted molar refractivity (Wildman–Crippen MR) is 106 cm³/mol. The molecule has 8 heteroatoms. The number of imidazole rings is 1. The molecule has 2 atom stereocenters. The molecule has 1 aliphatic carbocycles. The largest absolute Gasteiger partial charge is 0.330 e. The van der Waals surface area contributed by atoms with Crippen LogP contribution in [0.5, 0.6) is 0 Å². The first-order valence-electron chi connectivity index (χ1n) is 10.3. The van der Waals surface area contributed by atoms with Crippen LogP contribution in [-0.2, 0) is 16.6 Å². The molecule has 28 heavy (non-hydrogen) atoms. The van der Waals surface area contributed by atoms with Crippen LogP contribution in [0.15, 0.2) is 4.79 Å². The van der Waals surface area contributed by atoms with E-state index in [2.05, 4.69) is 22.4 Å². The van der Waals surface area contributed by atoms with Crippen molar-refractivity contribution >= 4 is 24.0 Å². The number of carbonyl (C=O) groups is 2. The minimum Gasteiger partial charge on any atom is -0.330 e. The smallest absolute Gasteiger partial charge is 0.329 e. The third-order valence-corrected chi connectivity index (χ3v) is 6.49. The van der Waals surface area contributed by atoms with Crippen LogP contribution in [0.4, 0.5) is 0 Å². The van der Waals surface area contributed by atoms with Crippen molar-refractivity contribution in [3.8, 4) is 0 Å². The van der Waals surface area contributed by atoms with Gasteiger partial charge in [-0.2, -0.15) is 0 Å². The third-order valence-electron chi connectivity index (χ3n) is 6.49. The van der Waals surface area contributed by atoms with E-state index in [1.165, 1.54) is 12.8 Å². The third kappa shape index (κ3) is 3.35. The second-order valence-corrected chi connectivity index (χ2v) is 8.18. The standard InChI is InChI=1S/C20H29N5O3/c1-23-17-12-14(24-10-7-13(6-9-21)8-11-24)2-3-15(17)25(20(23)28)16-4-5-18(26)22-19(16)27/h3,12-14,16H,2,4-11,21H2,1H3,(H,22,26,27). The molecule has 4 rings (SSSR count). The van der Waals surface area contributed by atoms with Gasteiger partial charge in [-0.3, -0.25) is 28.9 Å². The van der Waals surface area contributed by atoms with E-state index in [-0.39, 0.29) is 30.0 Å². The molecule has 0 aromatic carbocycles. The highest BCUT2D eigenvalue weighted by Gasteiger charge is 2.32. The van der Waals surface area contributed by atoms with Gasteiger partial charge in [0.05, 0.1) is 10.7 Å². The van der Waals surface area contributed by atoms with E-state index >= 15 is 0 Å². The molecule has 152 valence electrons. The maximum absolute atomic E-state index is 12.9. The number of rotatable bonds is 4. The van der Waals surface area contributed by atoms with Crippen LogP contribution in [0.3, 0.4) is 0 Å². The predicted octanol–water partition coefficient (Wildman–Crippen LogP) is -1.44. The van der Waals surface area contributed by atoms with Gasteiger partial charge in [0.15, 0.2) is 0 Å². The molecule has 2 aliphatic heterocycles. The Morgan fingerprint density at radius 3 is 2.57 bits per heavy atom. The van der Waals surface area contributed by atoms with E-state index in [0.717, 1.165) is 49.1 Å². The van der Waals surface area contributed by atoms with Crippen LogP contribution in [0.25, 0.3) is 12.2 Å². The van der Waals surface area contributed by atoms with Gasteiger partial charge in [0.1, 0.15) is 6.04 Å². The lowest BCUT2D eigenvalue weighted by atomic mass is 9.92. The number of nitrogens with one attached hydrogen (secondary N) is 1. The lowest BCUT2D eigenvalue weighted by Gasteiger charge is -2.36. The molecule has 2 amide bonds. The summed E-state index contributed by atoms with van der Waals surface area (Å²) in [6, 6.07) is -0.345. The fourth-order valence-electron chi connectivity index (χ4n) is 4.84. The van der Waals surface area contributed by atoms with Gasteiger partial charge in [0.2, 0.25) is 11.8 Å². The number of nitrogens with zero attached hydrogens (tertiary/aromatic N) is 3. The molecule has 0 spiro atoms. The van der Waals surface area contributed by atoms with Gasteiger partial charge in [0.25, 0.3) is 0 Å². The number of aromatic nitrogens is 2. The first-order chi connectivity index (χ1) is 13.5. The quantitative estimate of drug-likeness (QED) is 0.616. The Kier molecular flexibility index (Phi) is 5.25. The van der Waals surface area contributed by atoms with Crippen LogP contribution < -0.4 is 27.4 Å². The van der Waals surface area contributed by atoms with Crippen molar-refractivity contribution in [2.45, 2.75) is 50.6 Å². The van der Waals surface area contributed by atoms with E-state index in [1.807, 2.05) is 0 Å². The fourth-order valence-corrected chi connectivity index (χ4v) is 4.84. The second-order valence-electron chi connectivity index (χ2n) is 8.18. The van der Waals surface area contributed by atoms with E-state index in [9.17, 15) is 14.4 Å². The van der Waals surface area contributed by atoms with E-state index in [1.54, 1.807) is 16.2 Å². The average molecular weight is 387 g/mol. The van der Waals surface area contributed by atoms with Crippen molar-refractivity contribution in [2.24, 2.45) is 18.7 Å². The number of nitrogens with two attached hydrogens (primary N) is 1. The van der Waals surface area contributed by atoms with Gasteiger partial charge < -0.3 is 5.73 Å². The van der Waals surface area contributed by atoms with Crippen LogP contribution in [0.2, 0.25) is 0 Å². The first kappa shape index (κ1) is 19.1. The summed E-state index contributed by atoms with van der Waals surface area (Å²) in [7, 11) is 1.75. The highest BCUT2D eigenvalue weighted by Crippen LogP contribution is 2.23. The Balaban J connectivity index is 1.61. The molecule has 0 bridgehead atoms. The first-order valence-corrected chi connectivity index (χ1v) is 10.3. The minimum absolute atomic E-state index is 0.200. The fraction of sp³-hybridized carbons (Fsp3) is 0.650. The van der Waals surface area contributed by atoms with Crippen LogP contribution >= 0.6 is 0 Å². The number of imide groups is 1. The number of fused-ring (bicyclic) bond motifs is 1. The topological polar surface area (TPSA) is 102 Å². The van der Waals surface area contributed by atoms with Crippen LogP contribution in [-0.4, -0.2) is 51.5 Å². The summed E-state index contributed by atoms with van der Waals surface area (Å²) < 4.78 is 3.19. The average Bonchev–Trinajstić information content (AvgIpc) is 2.93. The van der Waals surface area contributed by atoms with Gasteiger partial charge in [-0.25, -0.2) is 4.79 Å². The Morgan fingerprint density at radius 1 is 1.14 bits per heavy atom. The number of hydrogen-bond donors (Lipinski definition) is 2. The monoisotopic (exact) mass is 387 g/mol. The number of likely N-dealkylation sites (tertiary alicyclic amines) is 1. The summed E-state index contributed by atoms with van der Waals surface area (Å²) in [4.78, 5) is 39.1. The molecular weight excluding hydrogens is 358 g/mol. The molecule has 0 saturated carbocycles. The number of carbonyl (C=O) groups excluding carboxylic acids is 2. The SMILES string of the molecule is Cn1c2c(n(C3CCC(=O)NC3=O)c1=O)=CCC(N1CCC(CCN)CC1)C=2. The zero-order valence-electron chi connectivity index (χ0n) is 16.4. The normalized spacial score (nSPS) is 26.4. The number of hydrogen-bond acceptors (Lipinski definition) is 5. The maximum Gasteiger partial charge on any atom is 0.329 e. The molecule has 8 nitrogen and oxygen atoms in total. The van der Waals surface area contributed by atoms with Gasteiger partial charge in [0, 0.05) is 19.5 Å². The lowest BCUT2D eigenvalue weighted by Crippen LogP contribution is -2.49. The van der Waals surface area contributed by atoms with Crippen molar-refractivity contribution < 1.29 is 9.59 Å². The Bertz CT molecular complexity index is 952. The summed E-state index contributed by atoms with van der Waals surface area (Å²) in [5, 5.41) is 4.03. The zero-order valence-corrected chi connectivity index (χ0v) is 16.4. The highest BCUT2D eigenvalue weighted by atomic mass is 16.2. The maximum atomic E-state index is 12.9. The summed E-state index contributed by atoms with van der Waals surface area (Å²) in [6.45, 7) is 2.86. The van der Waals surface area contributed by atoms with E-state index in [4.69, 9.17) is 5.73 Å². The van der Waals surface area contributed by atoms with Crippen molar-refractivity contribution in [1.82, 2.24) is 19.4 Å². The Morgan fingerprint density at radius 2 is 1.89 bits per heavy atom. The lowest BCUT2D eigenvalue weighted by molar-refractivity contribution is -0.135. The van der Waals surface area contributed by atoms with Gasteiger partial charge in [-0.15, -0.1) is 0 Å². The molecule has 2 saturated heterocycles. The molecule has 3 heterocycles. The van der Waals surface area contributed by atoms with Crippen LogP contribution in [0, 0.1) is 5.92 Å². The zero-order chi connectivity index (χ0) is 19.8. The van der Waals surface area contributed by atoms with Crippen molar-refractivity contribution in [3.63, 3.8) is 0 Å². The molecule has 2 unspecified atom stereocenters. The van der Waals surface area contributed by atoms with Crippen molar-refractivity contribution in [3.05, 3.63) is 21.2 Å². The molecule has 3 N–H and O–H groups in total. The van der Waals surface area contributed by atoms with Crippen LogP contribution in [0.1, 0.15) is 44.6 Å². The molecule has 1 aromatic heterocycles. The van der Waals surface area contributed by atoms with Crippen molar-refractivity contribution in [1.29, 1.82) is 0 Å². The molecule has 3 aliphatic rings. The Hall–Kier alpha value is -2.19. The molecule has 1 aromatic rings. The summed E-state index contributed by atoms with van der Waals surface area (Å²) in [6.07, 6.45) is 9.14. The van der Waals surface area contributed by atoms with Gasteiger partial charge in [-0.05, 0) is 63.7 Å². The summed E-state index contributed by atoms with van der Waals surface area (Å²) in [5.74, 6) is 0.0688. The highest BCUT2D eigenvalue weighted by molar-refractivity contribution is 5.99. The van der Waals surface area contributed by atoms with Gasteiger partial charge in [-0.1, -0.05) is 6.08 Å². The molecule has 0 radical (unpaired) electrons. The second kappa shape index (κ2) is 7.67. The van der Waals surface area contributed by atoms with E-state index < -0.39 is 6.04 Å². The number of amides is 2. The number of piperidine rings is 2. The van der Waals surface area contributed by atoms with Gasteiger partial charge >= 0.3 is 5.69 Å². The molecular formula is C20H29N5O3. The molecule has 2 fully saturated rings. The van der Waals surface area contributed by atoms with E-state index in [0.29, 0.717) is 6.42 Å². The minimum atomic E-state index is -0.617. The summed E-state index contributed by atoms with van der Waals surface area (Å²) >= 11 is 0. The van der Waals surface area contributed by atoms with Crippen molar-refractivity contribution in [2.75, 3.05) is 19.6 Å². The Labute approximate surface area is 163 Å².